The summed E-state index contributed by atoms with van der Waals surface area (Å²) >= 11 is 6.51. The summed E-state index contributed by atoms with van der Waals surface area (Å²) in [6, 6.07) is 19.3. The van der Waals surface area contributed by atoms with Crippen molar-refractivity contribution < 1.29 is 38.2 Å². The van der Waals surface area contributed by atoms with Gasteiger partial charge < -0.3 is 19.5 Å². The number of halogens is 1. The number of amides is 4. The van der Waals surface area contributed by atoms with Crippen molar-refractivity contribution in [1.29, 1.82) is 0 Å². The van der Waals surface area contributed by atoms with Crippen LogP contribution < -0.4 is 10.1 Å². The summed E-state index contributed by atoms with van der Waals surface area (Å²) < 4.78 is 17.2. The van der Waals surface area contributed by atoms with E-state index in [0.29, 0.717) is 16.2 Å². The number of urea groups is 1. The van der Waals surface area contributed by atoms with Crippen LogP contribution in [0.4, 0.5) is 10.5 Å². The van der Waals surface area contributed by atoms with Crippen LogP contribution in [0.5, 0.6) is 5.75 Å². The maximum absolute atomic E-state index is 14.5. The van der Waals surface area contributed by atoms with Gasteiger partial charge >= 0.3 is 12.0 Å². The third-order valence-corrected chi connectivity index (χ3v) is 9.99. The summed E-state index contributed by atoms with van der Waals surface area (Å²) in [5.41, 5.74) is -0.526. The molecule has 2 unspecified atom stereocenters. The molecule has 1 fully saturated rings. The van der Waals surface area contributed by atoms with E-state index in [4.69, 9.17) is 25.8 Å². The van der Waals surface area contributed by atoms with Gasteiger partial charge in [-0.15, -0.1) is 0 Å². The fourth-order valence-electron chi connectivity index (χ4n) is 6.43. The quantitative estimate of drug-likeness (QED) is 0.0411. The lowest BCUT2D eigenvalue weighted by molar-refractivity contribution is -0.150. The lowest BCUT2D eigenvalue weighted by Crippen LogP contribution is -2.56. The molecule has 4 rings (SSSR count). The molecule has 0 saturated carbocycles. The van der Waals surface area contributed by atoms with E-state index >= 15 is 0 Å². The molecule has 1 saturated heterocycles. The summed E-state index contributed by atoms with van der Waals surface area (Å²) in [5.74, 6) is -2.72. The fourth-order valence-corrected chi connectivity index (χ4v) is 6.60. The van der Waals surface area contributed by atoms with E-state index in [1.54, 1.807) is 69.3 Å². The van der Waals surface area contributed by atoms with E-state index in [2.05, 4.69) is 12.2 Å². The number of hydrogen-bond donors (Lipinski definition) is 1. The number of unbranched alkanes of at least 4 members (excludes halogenated alkanes) is 9. The Kier molecular flexibility index (Phi) is 17.4. The minimum Gasteiger partial charge on any atom is -0.493 e. The van der Waals surface area contributed by atoms with Crippen LogP contribution in [0.1, 0.15) is 108 Å². The van der Waals surface area contributed by atoms with Crippen molar-refractivity contribution in [3.8, 4) is 5.75 Å². The first kappa shape index (κ1) is 44.0. The second-order valence-electron chi connectivity index (χ2n) is 14.7. The molecule has 0 aromatic heterocycles. The smallest absolute Gasteiger partial charge is 0.338 e. The first-order valence-electron chi connectivity index (χ1n) is 19.8. The van der Waals surface area contributed by atoms with Gasteiger partial charge in [-0.2, -0.15) is 0 Å². The number of Topliss-reactive ketones (excluding diaryl/α,β-unsaturated/α-hetero) is 1. The number of ether oxygens (including phenoxy) is 3. The summed E-state index contributed by atoms with van der Waals surface area (Å²) in [4.78, 5) is 72.0. The Balaban J connectivity index is 1.51. The van der Waals surface area contributed by atoms with Crippen molar-refractivity contribution in [3.05, 3.63) is 95.0 Å². The number of para-hydroxylation sites is 1. The first-order valence-corrected chi connectivity index (χ1v) is 20.1. The Morgan fingerprint density at radius 1 is 0.821 bits per heavy atom. The third kappa shape index (κ3) is 12.4. The van der Waals surface area contributed by atoms with Crippen molar-refractivity contribution in [2.75, 3.05) is 25.1 Å². The lowest BCUT2D eigenvalue weighted by Gasteiger charge is -2.31. The van der Waals surface area contributed by atoms with Crippen LogP contribution in [0.2, 0.25) is 5.02 Å². The number of hydrogen-bond acceptors (Lipinski definition) is 8. The molecule has 0 radical (unpaired) electrons. The number of esters is 1. The zero-order chi connectivity index (χ0) is 40.5. The van der Waals surface area contributed by atoms with E-state index < -0.39 is 47.3 Å². The van der Waals surface area contributed by atoms with Gasteiger partial charge in [0.2, 0.25) is 6.23 Å². The maximum Gasteiger partial charge on any atom is 0.338 e. The molecule has 12 heteroatoms. The second-order valence-corrected chi connectivity index (χ2v) is 15.1. The minimum atomic E-state index is -1.95. The van der Waals surface area contributed by atoms with E-state index in [1.165, 1.54) is 61.6 Å². The van der Waals surface area contributed by atoms with E-state index in [0.717, 1.165) is 25.7 Å². The number of ketones is 1. The van der Waals surface area contributed by atoms with Crippen LogP contribution in [0.15, 0.2) is 78.9 Å². The number of carbonyl (C=O) groups is 5. The molecule has 1 N–H and O–H groups in total. The maximum atomic E-state index is 14.5. The molecular formula is C44H56ClN3O8. The Bertz CT molecular complexity index is 1750. The highest BCUT2D eigenvalue weighted by Gasteiger charge is 2.55. The summed E-state index contributed by atoms with van der Waals surface area (Å²) in [7, 11) is 0. The monoisotopic (exact) mass is 789 g/mol. The minimum absolute atomic E-state index is 0.00258. The predicted octanol–water partition coefficient (Wildman–Crippen LogP) is 9.23. The molecule has 3 aromatic carbocycles. The van der Waals surface area contributed by atoms with Crippen molar-refractivity contribution in [2.45, 2.75) is 111 Å². The Morgan fingerprint density at radius 3 is 2.05 bits per heavy atom. The largest absolute Gasteiger partial charge is 0.493 e. The number of anilines is 1. The highest BCUT2D eigenvalue weighted by Crippen LogP contribution is 2.31. The van der Waals surface area contributed by atoms with Gasteiger partial charge in [0, 0.05) is 6.61 Å². The Morgan fingerprint density at radius 2 is 1.43 bits per heavy atom. The highest BCUT2D eigenvalue weighted by molar-refractivity contribution is 6.34. The van der Waals surface area contributed by atoms with E-state index in [9.17, 15) is 24.0 Å². The molecule has 2 atom stereocenters. The molecule has 56 heavy (non-hydrogen) atoms. The number of carbonyl (C=O) groups excluding carboxylic acids is 5. The molecule has 11 nitrogen and oxygen atoms in total. The van der Waals surface area contributed by atoms with Crippen LogP contribution >= 0.6 is 11.6 Å². The molecule has 1 aliphatic heterocycles. The standard InChI is InChI=1S/C44H56ClN3O8/c1-5-7-8-9-10-11-12-13-14-21-28-55-42(52)33-26-27-35(45)36(29-33)46-39(50)37(38(49)44(3,4)31-56-34-24-19-16-20-25-34)48-40(51)41(54-6-2)47(43(48)53)30-32-22-17-15-18-23-32/h15-20,22-27,29,37,41H,5-14,21,28,30-31H2,1-4H3,(H,46,50). The molecule has 4 amide bonds. The zero-order valence-corrected chi connectivity index (χ0v) is 33.9. The van der Waals surface area contributed by atoms with Crippen LogP contribution in [0.3, 0.4) is 0 Å². The van der Waals surface area contributed by atoms with E-state index in [-0.39, 0.29) is 42.6 Å². The van der Waals surface area contributed by atoms with Crippen LogP contribution in [-0.2, 0) is 30.4 Å². The summed E-state index contributed by atoms with van der Waals surface area (Å²) in [6.45, 7) is 7.19. The van der Waals surface area contributed by atoms with Crippen molar-refractivity contribution >= 4 is 46.9 Å². The van der Waals surface area contributed by atoms with Crippen molar-refractivity contribution in [2.24, 2.45) is 5.41 Å². The number of benzene rings is 3. The van der Waals surface area contributed by atoms with Crippen molar-refractivity contribution in [1.82, 2.24) is 9.80 Å². The average Bonchev–Trinajstić information content (AvgIpc) is 3.41. The lowest BCUT2D eigenvalue weighted by atomic mass is 9.84. The van der Waals surface area contributed by atoms with Crippen LogP contribution in [0, 0.1) is 5.41 Å². The highest BCUT2D eigenvalue weighted by atomic mass is 35.5. The molecule has 0 bridgehead atoms. The van der Waals surface area contributed by atoms with Gasteiger partial charge in [-0.3, -0.25) is 19.3 Å². The molecule has 302 valence electrons. The summed E-state index contributed by atoms with van der Waals surface area (Å²) in [5, 5.41) is 2.70. The van der Waals surface area contributed by atoms with Gasteiger partial charge in [0.25, 0.3) is 11.8 Å². The topological polar surface area (TPSA) is 132 Å². The number of nitrogens with one attached hydrogen (secondary N) is 1. The number of nitrogens with zero attached hydrogens (tertiary/aromatic N) is 2. The Hall–Kier alpha value is -4.74. The first-order chi connectivity index (χ1) is 27.0. The number of imide groups is 1. The molecule has 1 heterocycles. The molecular weight excluding hydrogens is 734 g/mol. The second kappa shape index (κ2) is 22.1. The van der Waals surface area contributed by atoms with Crippen molar-refractivity contribution in [3.63, 3.8) is 0 Å². The Labute approximate surface area is 336 Å². The molecule has 0 aliphatic carbocycles. The predicted molar refractivity (Wildman–Crippen MR) is 216 cm³/mol. The van der Waals surface area contributed by atoms with Gasteiger partial charge in [-0.1, -0.05) is 125 Å². The van der Waals surface area contributed by atoms with Gasteiger partial charge in [0.05, 0.1) is 34.8 Å². The van der Waals surface area contributed by atoms with E-state index in [1.807, 2.05) is 12.1 Å². The third-order valence-electron chi connectivity index (χ3n) is 9.66. The SMILES string of the molecule is CCCCCCCCCCCCOC(=O)c1ccc(Cl)c(NC(=O)C(C(=O)C(C)(C)COc2ccccc2)N2C(=O)C(OCC)N(Cc3ccccc3)C2=O)c1. The summed E-state index contributed by atoms with van der Waals surface area (Å²) in [6.07, 6.45) is 10.1. The average molecular weight is 790 g/mol. The zero-order valence-electron chi connectivity index (χ0n) is 33.1. The number of rotatable bonds is 24. The van der Waals surface area contributed by atoms with Gasteiger partial charge in [0.1, 0.15) is 12.4 Å². The molecule has 0 spiro atoms. The fraction of sp³-hybridized carbons (Fsp3) is 0.477. The van der Waals surface area contributed by atoms with Gasteiger partial charge in [0.15, 0.2) is 11.8 Å². The van der Waals surface area contributed by atoms with Gasteiger partial charge in [-0.25, -0.2) is 14.5 Å². The normalized spacial score (nSPS) is 14.8. The van der Waals surface area contributed by atoms with Crippen LogP contribution in [-0.4, -0.2) is 71.5 Å². The van der Waals surface area contributed by atoms with Crippen LogP contribution in [0.25, 0.3) is 0 Å². The van der Waals surface area contributed by atoms with Gasteiger partial charge in [-0.05, 0) is 63.1 Å². The molecule has 1 aliphatic rings. The molecule has 3 aromatic rings.